The Hall–Kier alpha value is -6.46. The molecular formula is C53H48N2O3. The summed E-state index contributed by atoms with van der Waals surface area (Å²) in [6, 6.07) is 44.0. The zero-order chi connectivity index (χ0) is 40.5. The molecule has 9 aromatic rings. The predicted octanol–water partition coefficient (Wildman–Crippen LogP) is 15.1. The number of oxazole rings is 1. The molecular weight excluding hydrogens is 713 g/mol. The smallest absolute Gasteiger partial charge is 0.229 e. The second-order valence-corrected chi connectivity index (χ2v) is 17.8. The van der Waals surface area contributed by atoms with Gasteiger partial charge in [-0.05, 0) is 92.4 Å². The third kappa shape index (κ3) is 6.55. The zero-order valence-corrected chi connectivity index (χ0v) is 34.4. The van der Waals surface area contributed by atoms with E-state index in [4.69, 9.17) is 18.8 Å². The number of phenolic OH excluding ortho intramolecular Hbond substituents is 1. The molecule has 58 heavy (non-hydrogen) atoms. The van der Waals surface area contributed by atoms with Crippen LogP contribution in [-0.4, -0.2) is 16.3 Å². The van der Waals surface area contributed by atoms with Crippen molar-refractivity contribution in [3.8, 4) is 39.5 Å². The van der Waals surface area contributed by atoms with E-state index >= 15 is 0 Å². The minimum absolute atomic E-state index is 0.0873. The molecule has 2 aromatic heterocycles. The van der Waals surface area contributed by atoms with Crippen molar-refractivity contribution in [2.24, 2.45) is 4.99 Å². The van der Waals surface area contributed by atoms with Crippen LogP contribution in [0.4, 0.5) is 5.69 Å². The van der Waals surface area contributed by atoms with Gasteiger partial charge in [0.1, 0.15) is 22.4 Å². The Labute approximate surface area is 339 Å². The molecule has 0 saturated carbocycles. The summed E-state index contributed by atoms with van der Waals surface area (Å²) in [5.41, 5.74) is 12.7. The highest BCUT2D eigenvalue weighted by Crippen LogP contribution is 2.46. The summed E-state index contributed by atoms with van der Waals surface area (Å²) >= 11 is 0. The third-order valence-corrected chi connectivity index (χ3v) is 11.4. The topological polar surface area (TPSA) is 71.8 Å². The number of aliphatic imine (C=N–C) groups is 1. The first-order chi connectivity index (χ1) is 27.7. The average Bonchev–Trinajstić information content (AvgIpc) is 3.81. The number of aromatic hydroxyl groups is 1. The van der Waals surface area contributed by atoms with Crippen molar-refractivity contribution in [2.75, 3.05) is 0 Å². The van der Waals surface area contributed by atoms with Crippen LogP contribution >= 0.6 is 0 Å². The van der Waals surface area contributed by atoms with Crippen LogP contribution in [0.3, 0.4) is 0 Å². The first-order valence-corrected chi connectivity index (χ1v) is 20.1. The van der Waals surface area contributed by atoms with Gasteiger partial charge < -0.3 is 13.9 Å². The summed E-state index contributed by atoms with van der Waals surface area (Å²) < 4.78 is 13.6. The Kier molecular flexibility index (Phi) is 8.89. The van der Waals surface area contributed by atoms with Crippen molar-refractivity contribution in [1.29, 1.82) is 0 Å². The van der Waals surface area contributed by atoms with Gasteiger partial charge in [0.05, 0.1) is 11.3 Å². The van der Waals surface area contributed by atoms with Gasteiger partial charge in [0.2, 0.25) is 5.89 Å². The van der Waals surface area contributed by atoms with Crippen LogP contribution in [0.15, 0.2) is 141 Å². The number of furan rings is 1. The standard InChI is InChI=1S/C53H48N2O3/c1-31(2)32-17-19-34(20-18-32)38-24-25-40(50-47(38)41-15-11-12-16-45(41)57-50)43-28-37(53(6,7)8)29-46-49(43)55-51(58-46)42-23-21-33-13-9-10-14-39(33)48(42)54-30-35-27-36(52(3,4)5)22-26-44(35)56/h9-31,56H,1-8H3. The SMILES string of the molecule is CC(C)c1ccc(-c2ccc(-c3cc(C(C)(C)C)cc4oc(-c5ccc6ccccc6c5N=Cc5cc(C(C)(C)C)ccc5O)nc34)c3oc4ccccc4c23)cc1. The number of fused-ring (bicyclic) bond motifs is 5. The van der Waals surface area contributed by atoms with Gasteiger partial charge in [-0.3, -0.25) is 4.99 Å². The van der Waals surface area contributed by atoms with Crippen LogP contribution in [0, 0.1) is 0 Å². The van der Waals surface area contributed by atoms with Crippen molar-refractivity contribution in [3.63, 3.8) is 0 Å². The van der Waals surface area contributed by atoms with Gasteiger partial charge in [-0.15, -0.1) is 0 Å². The van der Waals surface area contributed by atoms with E-state index in [0.29, 0.717) is 23.0 Å². The quantitative estimate of drug-likeness (QED) is 0.171. The van der Waals surface area contributed by atoms with E-state index in [1.807, 2.05) is 42.5 Å². The molecule has 0 amide bonds. The molecule has 1 N–H and O–H groups in total. The molecule has 0 fully saturated rings. The van der Waals surface area contributed by atoms with Gasteiger partial charge in [-0.1, -0.05) is 140 Å². The van der Waals surface area contributed by atoms with Gasteiger partial charge >= 0.3 is 0 Å². The van der Waals surface area contributed by atoms with Gasteiger partial charge in [-0.25, -0.2) is 4.98 Å². The largest absolute Gasteiger partial charge is 0.507 e. The van der Waals surface area contributed by atoms with Crippen molar-refractivity contribution in [1.82, 2.24) is 4.98 Å². The minimum atomic E-state index is -0.178. The highest BCUT2D eigenvalue weighted by molar-refractivity contribution is 6.17. The maximum absolute atomic E-state index is 10.9. The molecule has 5 heteroatoms. The normalized spacial score (nSPS) is 12.6. The summed E-state index contributed by atoms with van der Waals surface area (Å²) in [5, 5.41) is 15.1. The Bertz CT molecular complexity index is 3060. The van der Waals surface area contributed by atoms with Crippen LogP contribution in [-0.2, 0) is 10.8 Å². The molecule has 7 aromatic carbocycles. The summed E-state index contributed by atoms with van der Waals surface area (Å²) in [7, 11) is 0. The van der Waals surface area contributed by atoms with Crippen molar-refractivity contribution in [3.05, 3.63) is 150 Å². The number of aromatic nitrogens is 1. The fraction of sp³-hybridized carbons (Fsp3) is 0.208. The molecule has 0 spiro atoms. The van der Waals surface area contributed by atoms with Crippen molar-refractivity contribution < 1.29 is 13.9 Å². The lowest BCUT2D eigenvalue weighted by molar-refractivity contribution is 0.473. The molecule has 0 aliphatic rings. The average molecular weight is 761 g/mol. The summed E-state index contributed by atoms with van der Waals surface area (Å²) in [6.07, 6.45) is 1.75. The molecule has 0 radical (unpaired) electrons. The number of nitrogens with zero attached hydrogens (tertiary/aromatic N) is 2. The minimum Gasteiger partial charge on any atom is -0.507 e. The second kappa shape index (κ2) is 13.9. The third-order valence-electron chi connectivity index (χ3n) is 11.4. The second-order valence-electron chi connectivity index (χ2n) is 17.8. The number of hydrogen-bond donors (Lipinski definition) is 1. The fourth-order valence-electron chi connectivity index (χ4n) is 7.94. The molecule has 5 nitrogen and oxygen atoms in total. The maximum Gasteiger partial charge on any atom is 0.229 e. The summed E-state index contributed by atoms with van der Waals surface area (Å²) in [4.78, 5) is 10.4. The predicted molar refractivity (Wildman–Crippen MR) is 242 cm³/mol. The van der Waals surface area contributed by atoms with Crippen molar-refractivity contribution >= 4 is 55.7 Å². The molecule has 0 saturated heterocycles. The lowest BCUT2D eigenvalue weighted by Crippen LogP contribution is -2.11. The Morgan fingerprint density at radius 3 is 2.05 bits per heavy atom. The molecule has 0 atom stereocenters. The van der Waals surface area contributed by atoms with Crippen LogP contribution < -0.4 is 0 Å². The molecule has 0 bridgehead atoms. The van der Waals surface area contributed by atoms with Gasteiger partial charge in [0, 0.05) is 39.1 Å². The lowest BCUT2D eigenvalue weighted by Gasteiger charge is -2.20. The monoisotopic (exact) mass is 760 g/mol. The number of rotatable bonds is 6. The van der Waals surface area contributed by atoms with Crippen LogP contribution in [0.5, 0.6) is 5.75 Å². The van der Waals surface area contributed by atoms with E-state index in [1.165, 1.54) is 5.56 Å². The molecule has 0 aliphatic carbocycles. The van der Waals surface area contributed by atoms with Crippen LogP contribution in [0.1, 0.15) is 83.6 Å². The Morgan fingerprint density at radius 2 is 1.31 bits per heavy atom. The number of hydrogen-bond acceptors (Lipinski definition) is 5. The number of para-hydroxylation sites is 1. The number of phenols is 1. The summed E-state index contributed by atoms with van der Waals surface area (Å²) in [6.45, 7) is 17.6. The Balaban J connectivity index is 1.27. The van der Waals surface area contributed by atoms with E-state index in [9.17, 15) is 5.11 Å². The first kappa shape index (κ1) is 37.1. The molecule has 2 heterocycles. The van der Waals surface area contributed by atoms with E-state index in [-0.39, 0.29) is 16.6 Å². The first-order valence-electron chi connectivity index (χ1n) is 20.1. The number of benzene rings is 7. The Morgan fingerprint density at radius 1 is 0.621 bits per heavy atom. The van der Waals surface area contributed by atoms with Gasteiger partial charge in [0.15, 0.2) is 5.58 Å². The fourth-order valence-corrected chi connectivity index (χ4v) is 7.94. The zero-order valence-electron chi connectivity index (χ0n) is 34.4. The highest BCUT2D eigenvalue weighted by Gasteiger charge is 2.25. The highest BCUT2D eigenvalue weighted by atomic mass is 16.3. The van der Waals surface area contributed by atoms with Gasteiger partial charge in [0.25, 0.3) is 0 Å². The van der Waals surface area contributed by atoms with E-state index in [0.717, 1.165) is 82.9 Å². The molecule has 288 valence electrons. The molecule has 9 rings (SSSR count). The van der Waals surface area contributed by atoms with E-state index in [2.05, 4.69) is 134 Å². The molecule has 0 aliphatic heterocycles. The van der Waals surface area contributed by atoms with Crippen LogP contribution in [0.25, 0.3) is 77.5 Å². The maximum atomic E-state index is 10.9. The lowest BCUT2D eigenvalue weighted by atomic mass is 9.84. The van der Waals surface area contributed by atoms with Gasteiger partial charge in [-0.2, -0.15) is 0 Å². The van der Waals surface area contributed by atoms with E-state index < -0.39 is 0 Å². The van der Waals surface area contributed by atoms with E-state index in [1.54, 1.807) is 12.3 Å². The summed E-state index contributed by atoms with van der Waals surface area (Å²) in [5.74, 6) is 1.10. The van der Waals surface area contributed by atoms with Crippen molar-refractivity contribution in [2.45, 2.75) is 72.1 Å². The van der Waals surface area contributed by atoms with Crippen LogP contribution in [0.2, 0.25) is 0 Å². The molecule has 0 unspecified atom stereocenters.